The number of piperidine rings is 1. The number of hydrogen-bond acceptors (Lipinski definition) is 3. The molecule has 2 aromatic carbocycles. The van der Waals surface area contributed by atoms with Crippen molar-refractivity contribution in [1.82, 2.24) is 10.2 Å². The molecule has 138 valence electrons. The predicted octanol–water partition coefficient (Wildman–Crippen LogP) is 4.13. The second-order valence-electron chi connectivity index (χ2n) is 6.63. The van der Waals surface area contributed by atoms with Gasteiger partial charge in [-0.05, 0) is 55.3 Å². The number of hydrogen-bond donors (Lipinski definition) is 1. The van der Waals surface area contributed by atoms with Gasteiger partial charge in [0.15, 0.2) is 6.61 Å². The van der Waals surface area contributed by atoms with Gasteiger partial charge in [0.05, 0.1) is 0 Å². The first-order valence-electron chi connectivity index (χ1n) is 9.15. The van der Waals surface area contributed by atoms with Gasteiger partial charge in [-0.25, -0.2) is 0 Å². The summed E-state index contributed by atoms with van der Waals surface area (Å²) in [6, 6.07) is 15.8. The average Bonchev–Trinajstić information content (AvgIpc) is 2.66. The van der Waals surface area contributed by atoms with E-state index in [1.165, 1.54) is 43.5 Å². The monoisotopic (exact) mass is 416 g/mol. The number of rotatable bonds is 7. The van der Waals surface area contributed by atoms with Gasteiger partial charge in [0, 0.05) is 17.6 Å². The molecule has 1 aliphatic heterocycles. The van der Waals surface area contributed by atoms with Crippen LogP contribution in [0.1, 0.15) is 30.4 Å². The molecule has 0 aliphatic carbocycles. The minimum absolute atomic E-state index is 0.0186. The van der Waals surface area contributed by atoms with Crippen LogP contribution in [0.5, 0.6) is 5.75 Å². The number of nitrogens with one attached hydrogen (secondary N) is 1. The van der Waals surface area contributed by atoms with Crippen LogP contribution in [0.3, 0.4) is 0 Å². The molecule has 0 spiro atoms. The zero-order valence-electron chi connectivity index (χ0n) is 14.9. The fourth-order valence-corrected chi connectivity index (χ4v) is 3.57. The first kappa shape index (κ1) is 18.9. The second-order valence-corrected chi connectivity index (χ2v) is 7.54. The van der Waals surface area contributed by atoms with E-state index in [0.29, 0.717) is 12.3 Å². The number of carbonyl (C=O) groups excluding carboxylic acids is 1. The maximum Gasteiger partial charge on any atom is 0.258 e. The van der Waals surface area contributed by atoms with E-state index < -0.39 is 0 Å². The summed E-state index contributed by atoms with van der Waals surface area (Å²) in [6.45, 7) is 3.85. The standard InChI is InChI=1S/C21H25BrN2O2/c22-19-9-6-10-20(13-19)26-16-21(25)23-14-17-7-2-3-8-18(17)15-24-11-4-1-5-12-24/h2-3,6-10,13H,1,4-5,11-12,14-16H2,(H,23,25). The van der Waals surface area contributed by atoms with Crippen LogP contribution in [0.25, 0.3) is 0 Å². The lowest BCUT2D eigenvalue weighted by atomic mass is 10.0. The molecule has 0 saturated carbocycles. The summed E-state index contributed by atoms with van der Waals surface area (Å²) in [4.78, 5) is 14.6. The summed E-state index contributed by atoms with van der Waals surface area (Å²) in [5, 5.41) is 2.97. The van der Waals surface area contributed by atoms with Crippen LogP contribution in [0.4, 0.5) is 0 Å². The molecular weight excluding hydrogens is 392 g/mol. The quantitative estimate of drug-likeness (QED) is 0.737. The van der Waals surface area contributed by atoms with E-state index in [-0.39, 0.29) is 12.5 Å². The van der Waals surface area contributed by atoms with Crippen LogP contribution < -0.4 is 10.1 Å². The number of likely N-dealkylation sites (tertiary alicyclic amines) is 1. The number of amides is 1. The van der Waals surface area contributed by atoms with E-state index in [2.05, 4.69) is 44.3 Å². The van der Waals surface area contributed by atoms with Crippen molar-refractivity contribution in [2.75, 3.05) is 19.7 Å². The van der Waals surface area contributed by atoms with Crippen molar-refractivity contribution < 1.29 is 9.53 Å². The number of halogens is 1. The van der Waals surface area contributed by atoms with Gasteiger partial charge < -0.3 is 10.1 Å². The van der Waals surface area contributed by atoms with Crippen molar-refractivity contribution in [3.63, 3.8) is 0 Å². The Hall–Kier alpha value is -1.85. The average molecular weight is 417 g/mol. The highest BCUT2D eigenvalue weighted by Crippen LogP contribution is 2.18. The molecule has 0 bridgehead atoms. The summed E-state index contributed by atoms with van der Waals surface area (Å²) in [7, 11) is 0. The van der Waals surface area contributed by atoms with Crippen LogP contribution in [0.2, 0.25) is 0 Å². The Bertz CT molecular complexity index is 729. The lowest BCUT2D eigenvalue weighted by Gasteiger charge is -2.27. The highest BCUT2D eigenvalue weighted by molar-refractivity contribution is 9.10. The first-order chi connectivity index (χ1) is 12.7. The highest BCUT2D eigenvalue weighted by Gasteiger charge is 2.13. The van der Waals surface area contributed by atoms with Crippen LogP contribution in [0.15, 0.2) is 53.0 Å². The third-order valence-electron chi connectivity index (χ3n) is 4.60. The van der Waals surface area contributed by atoms with E-state index in [1.807, 2.05) is 30.3 Å². The maximum absolute atomic E-state index is 12.1. The van der Waals surface area contributed by atoms with Crippen LogP contribution in [0, 0.1) is 0 Å². The molecule has 1 fully saturated rings. The lowest BCUT2D eigenvalue weighted by molar-refractivity contribution is -0.123. The van der Waals surface area contributed by atoms with Gasteiger partial charge in [-0.3, -0.25) is 9.69 Å². The Morgan fingerprint density at radius 3 is 2.58 bits per heavy atom. The van der Waals surface area contributed by atoms with Gasteiger partial charge in [0.1, 0.15) is 5.75 Å². The summed E-state index contributed by atoms with van der Waals surface area (Å²) in [6.07, 6.45) is 3.91. The maximum atomic E-state index is 12.1. The molecule has 0 unspecified atom stereocenters. The Morgan fingerprint density at radius 2 is 1.81 bits per heavy atom. The van der Waals surface area contributed by atoms with Crippen molar-refractivity contribution in [1.29, 1.82) is 0 Å². The summed E-state index contributed by atoms with van der Waals surface area (Å²) < 4.78 is 6.47. The van der Waals surface area contributed by atoms with Gasteiger partial charge in [-0.2, -0.15) is 0 Å². The van der Waals surface area contributed by atoms with Crippen LogP contribution >= 0.6 is 15.9 Å². The van der Waals surface area contributed by atoms with E-state index in [9.17, 15) is 4.79 Å². The molecular formula is C21H25BrN2O2. The summed E-state index contributed by atoms with van der Waals surface area (Å²) in [5.74, 6) is 0.567. The molecule has 1 aliphatic rings. The third kappa shape index (κ3) is 5.85. The van der Waals surface area contributed by atoms with Gasteiger partial charge in [-0.1, -0.05) is 52.7 Å². The SMILES string of the molecule is O=C(COc1cccc(Br)c1)NCc1ccccc1CN1CCCCC1. The minimum Gasteiger partial charge on any atom is -0.484 e. The fraction of sp³-hybridized carbons (Fsp3) is 0.381. The number of ether oxygens (including phenoxy) is 1. The van der Waals surface area contributed by atoms with Gasteiger partial charge in [-0.15, -0.1) is 0 Å². The Balaban J connectivity index is 1.50. The Labute approximate surface area is 163 Å². The van der Waals surface area contributed by atoms with E-state index >= 15 is 0 Å². The normalized spacial score (nSPS) is 14.8. The van der Waals surface area contributed by atoms with Gasteiger partial charge in [0.25, 0.3) is 5.91 Å². The number of nitrogens with zero attached hydrogens (tertiary/aromatic N) is 1. The molecule has 0 atom stereocenters. The molecule has 0 radical (unpaired) electrons. The summed E-state index contributed by atoms with van der Waals surface area (Å²) in [5.41, 5.74) is 2.47. The lowest BCUT2D eigenvalue weighted by Crippen LogP contribution is -2.31. The van der Waals surface area contributed by atoms with Crippen molar-refractivity contribution in [2.45, 2.75) is 32.4 Å². The first-order valence-corrected chi connectivity index (χ1v) is 9.94. The molecule has 4 nitrogen and oxygen atoms in total. The molecule has 3 rings (SSSR count). The van der Waals surface area contributed by atoms with Crippen LogP contribution in [-0.2, 0) is 17.9 Å². The Kier molecular flexibility index (Phi) is 7.09. The number of carbonyl (C=O) groups is 1. The van der Waals surface area contributed by atoms with Gasteiger partial charge >= 0.3 is 0 Å². The van der Waals surface area contributed by atoms with Crippen molar-refractivity contribution in [3.05, 3.63) is 64.1 Å². The third-order valence-corrected chi connectivity index (χ3v) is 5.10. The van der Waals surface area contributed by atoms with Crippen molar-refractivity contribution in [3.8, 4) is 5.75 Å². The molecule has 2 aromatic rings. The summed E-state index contributed by atoms with van der Waals surface area (Å²) >= 11 is 3.39. The minimum atomic E-state index is -0.113. The number of benzene rings is 2. The Morgan fingerprint density at radius 1 is 1.04 bits per heavy atom. The van der Waals surface area contributed by atoms with E-state index in [1.54, 1.807) is 0 Å². The van der Waals surface area contributed by atoms with Crippen molar-refractivity contribution in [2.24, 2.45) is 0 Å². The molecule has 1 heterocycles. The van der Waals surface area contributed by atoms with Crippen molar-refractivity contribution >= 4 is 21.8 Å². The highest BCUT2D eigenvalue weighted by atomic mass is 79.9. The zero-order chi connectivity index (χ0) is 18.2. The smallest absolute Gasteiger partial charge is 0.258 e. The molecule has 1 N–H and O–H groups in total. The topological polar surface area (TPSA) is 41.6 Å². The predicted molar refractivity (Wildman–Crippen MR) is 107 cm³/mol. The zero-order valence-corrected chi connectivity index (χ0v) is 16.5. The molecule has 1 amide bonds. The van der Waals surface area contributed by atoms with E-state index in [0.717, 1.165) is 11.0 Å². The second kappa shape index (κ2) is 9.74. The van der Waals surface area contributed by atoms with Gasteiger partial charge in [0.2, 0.25) is 0 Å². The largest absolute Gasteiger partial charge is 0.484 e. The molecule has 26 heavy (non-hydrogen) atoms. The van der Waals surface area contributed by atoms with E-state index in [4.69, 9.17) is 4.74 Å². The van der Waals surface area contributed by atoms with Crippen LogP contribution in [-0.4, -0.2) is 30.5 Å². The molecule has 1 saturated heterocycles. The molecule has 5 heteroatoms. The fourth-order valence-electron chi connectivity index (χ4n) is 3.19. The molecule has 0 aromatic heterocycles.